The molecule has 0 bridgehead atoms. The lowest BCUT2D eigenvalue weighted by Crippen LogP contribution is -2.39. The van der Waals surface area contributed by atoms with E-state index in [1.165, 1.54) is 12.1 Å². The Hall–Kier alpha value is -1.47. The van der Waals surface area contributed by atoms with Crippen molar-refractivity contribution in [3.05, 3.63) is 27.1 Å². The molecule has 1 aromatic heterocycles. The summed E-state index contributed by atoms with van der Waals surface area (Å²) in [6.07, 6.45) is 1.21. The van der Waals surface area contributed by atoms with Crippen LogP contribution in [0.4, 0.5) is 5.00 Å². The number of aliphatic hydroxyl groups is 1. The summed E-state index contributed by atoms with van der Waals surface area (Å²) in [6.45, 7) is 0.585. The first-order chi connectivity index (χ1) is 8.47. The molecule has 0 spiro atoms. The highest BCUT2D eigenvalue weighted by atomic mass is 32.1. The molecule has 0 saturated heterocycles. The Morgan fingerprint density at radius 2 is 2.28 bits per heavy atom. The zero-order valence-corrected chi connectivity index (χ0v) is 10.7. The molecule has 98 valence electrons. The quantitative estimate of drug-likeness (QED) is 0.663. The van der Waals surface area contributed by atoms with Crippen LogP contribution < -0.4 is 0 Å². The number of aliphatic hydroxyl groups excluding tert-OH is 1. The van der Waals surface area contributed by atoms with Gasteiger partial charge in [0.15, 0.2) is 0 Å². The summed E-state index contributed by atoms with van der Waals surface area (Å²) in [7, 11) is 1.68. The van der Waals surface area contributed by atoms with Gasteiger partial charge in [-0.25, -0.2) is 0 Å². The molecular formula is C11H14N2O4S. The van der Waals surface area contributed by atoms with Crippen molar-refractivity contribution in [3.8, 4) is 0 Å². The molecule has 0 aliphatic heterocycles. The minimum Gasteiger partial charge on any atom is -0.393 e. The minimum absolute atomic E-state index is 0.0224. The fourth-order valence-corrected chi connectivity index (χ4v) is 2.86. The number of carbonyl (C=O) groups excluding carboxylic acids is 1. The van der Waals surface area contributed by atoms with Crippen LogP contribution in [0.5, 0.6) is 0 Å². The second kappa shape index (κ2) is 5.03. The molecule has 0 aromatic carbocycles. The van der Waals surface area contributed by atoms with Crippen molar-refractivity contribution in [3.63, 3.8) is 0 Å². The van der Waals surface area contributed by atoms with Crippen LogP contribution in [0, 0.1) is 16.0 Å². The smallest absolute Gasteiger partial charge is 0.324 e. The molecule has 1 amide bonds. The number of carbonyl (C=O) groups is 1. The lowest BCUT2D eigenvalue weighted by Gasteiger charge is -2.34. The summed E-state index contributed by atoms with van der Waals surface area (Å²) >= 11 is 0.891. The Bertz CT molecular complexity index is 467. The molecular weight excluding hydrogens is 256 g/mol. The molecule has 18 heavy (non-hydrogen) atoms. The van der Waals surface area contributed by atoms with E-state index in [1.807, 2.05) is 0 Å². The van der Waals surface area contributed by atoms with Gasteiger partial charge in [0.2, 0.25) is 0 Å². The van der Waals surface area contributed by atoms with Gasteiger partial charge in [0.05, 0.1) is 15.9 Å². The van der Waals surface area contributed by atoms with E-state index in [9.17, 15) is 20.0 Å². The van der Waals surface area contributed by atoms with Gasteiger partial charge in [-0.15, -0.1) is 0 Å². The summed E-state index contributed by atoms with van der Waals surface area (Å²) in [6, 6.07) is 2.83. The van der Waals surface area contributed by atoms with E-state index in [2.05, 4.69) is 0 Å². The van der Waals surface area contributed by atoms with Crippen molar-refractivity contribution in [2.75, 3.05) is 13.6 Å². The number of rotatable bonds is 4. The second-order valence-electron chi connectivity index (χ2n) is 4.57. The van der Waals surface area contributed by atoms with Crippen LogP contribution in [-0.2, 0) is 0 Å². The van der Waals surface area contributed by atoms with Crippen molar-refractivity contribution in [2.24, 2.45) is 5.92 Å². The third kappa shape index (κ3) is 2.68. The lowest BCUT2D eigenvalue weighted by atomic mass is 9.82. The zero-order valence-electron chi connectivity index (χ0n) is 9.91. The normalized spacial score (nSPS) is 22.3. The highest BCUT2D eigenvalue weighted by Gasteiger charge is 2.29. The Labute approximate surface area is 108 Å². The topological polar surface area (TPSA) is 83.7 Å². The Morgan fingerprint density at radius 3 is 2.78 bits per heavy atom. The summed E-state index contributed by atoms with van der Waals surface area (Å²) in [4.78, 5) is 24.0. The molecule has 2 rings (SSSR count). The van der Waals surface area contributed by atoms with E-state index in [4.69, 9.17) is 0 Å². The molecule has 0 unspecified atom stereocenters. The van der Waals surface area contributed by atoms with Crippen molar-refractivity contribution >= 4 is 22.2 Å². The first-order valence-corrected chi connectivity index (χ1v) is 6.46. The number of amides is 1. The van der Waals surface area contributed by atoms with E-state index in [-0.39, 0.29) is 17.0 Å². The molecule has 1 aliphatic carbocycles. The molecule has 1 heterocycles. The minimum atomic E-state index is -0.496. The van der Waals surface area contributed by atoms with E-state index in [1.54, 1.807) is 11.9 Å². The number of nitro groups is 1. The number of hydrogen-bond donors (Lipinski definition) is 1. The van der Waals surface area contributed by atoms with Gasteiger partial charge < -0.3 is 10.0 Å². The van der Waals surface area contributed by atoms with Gasteiger partial charge in [-0.1, -0.05) is 11.3 Å². The molecule has 7 heteroatoms. The van der Waals surface area contributed by atoms with Crippen LogP contribution in [0.1, 0.15) is 22.5 Å². The van der Waals surface area contributed by atoms with Crippen LogP contribution >= 0.6 is 11.3 Å². The van der Waals surface area contributed by atoms with Crippen LogP contribution in [0.25, 0.3) is 0 Å². The monoisotopic (exact) mass is 270 g/mol. The third-order valence-corrected chi connectivity index (χ3v) is 4.10. The van der Waals surface area contributed by atoms with Crippen molar-refractivity contribution in [1.82, 2.24) is 4.90 Å². The van der Waals surface area contributed by atoms with Crippen molar-refractivity contribution < 1.29 is 14.8 Å². The molecule has 6 nitrogen and oxygen atoms in total. The fraction of sp³-hybridized carbons (Fsp3) is 0.545. The maximum absolute atomic E-state index is 12.0. The van der Waals surface area contributed by atoms with E-state index in [0.29, 0.717) is 17.3 Å². The van der Waals surface area contributed by atoms with E-state index in [0.717, 1.165) is 24.2 Å². The number of thiophene rings is 1. The Morgan fingerprint density at radius 1 is 1.61 bits per heavy atom. The first-order valence-electron chi connectivity index (χ1n) is 5.65. The van der Waals surface area contributed by atoms with Gasteiger partial charge in [-0.05, 0) is 24.8 Å². The lowest BCUT2D eigenvalue weighted by molar-refractivity contribution is -0.380. The van der Waals surface area contributed by atoms with Gasteiger partial charge in [0.1, 0.15) is 0 Å². The number of hydrogen-bond acceptors (Lipinski definition) is 5. The standard InChI is InChI=1S/C11H14N2O4S/c1-12(6-7-4-8(14)5-7)11(15)9-2-3-10(18-9)13(16)17/h2-3,7-8,14H,4-6H2,1H3. The predicted octanol–water partition coefficient (Wildman–Crippen LogP) is 1.50. The molecule has 1 N–H and O–H groups in total. The summed E-state index contributed by atoms with van der Waals surface area (Å²) < 4.78 is 0. The second-order valence-corrected chi connectivity index (χ2v) is 5.63. The van der Waals surface area contributed by atoms with Crippen LogP contribution in [0.2, 0.25) is 0 Å². The third-order valence-electron chi connectivity index (χ3n) is 3.07. The Kier molecular flexibility index (Phi) is 3.63. The summed E-state index contributed by atoms with van der Waals surface area (Å²) in [5, 5.41) is 19.7. The van der Waals surface area contributed by atoms with Gasteiger partial charge in [-0.3, -0.25) is 14.9 Å². The highest BCUT2D eigenvalue weighted by molar-refractivity contribution is 7.17. The molecule has 1 saturated carbocycles. The maximum atomic E-state index is 12.0. The first kappa shape index (κ1) is 13.0. The predicted molar refractivity (Wildman–Crippen MR) is 66.7 cm³/mol. The van der Waals surface area contributed by atoms with Crippen LogP contribution in [0.15, 0.2) is 12.1 Å². The molecule has 0 atom stereocenters. The molecule has 0 radical (unpaired) electrons. The van der Waals surface area contributed by atoms with Gasteiger partial charge >= 0.3 is 5.00 Å². The largest absolute Gasteiger partial charge is 0.393 e. The van der Waals surface area contributed by atoms with Gasteiger partial charge in [0, 0.05) is 19.7 Å². The van der Waals surface area contributed by atoms with E-state index >= 15 is 0 Å². The van der Waals surface area contributed by atoms with Crippen molar-refractivity contribution in [1.29, 1.82) is 0 Å². The fourth-order valence-electron chi connectivity index (χ4n) is 2.05. The van der Waals surface area contributed by atoms with Gasteiger partial charge in [0.25, 0.3) is 5.91 Å². The zero-order chi connectivity index (χ0) is 13.3. The maximum Gasteiger partial charge on any atom is 0.324 e. The number of nitrogens with zero attached hydrogens (tertiary/aromatic N) is 2. The van der Waals surface area contributed by atoms with Crippen LogP contribution in [-0.4, -0.2) is 40.5 Å². The molecule has 1 aromatic rings. The summed E-state index contributed by atoms with van der Waals surface area (Å²) in [5.74, 6) is 0.137. The molecule has 1 fully saturated rings. The van der Waals surface area contributed by atoms with Crippen LogP contribution in [0.3, 0.4) is 0 Å². The van der Waals surface area contributed by atoms with Crippen molar-refractivity contribution in [2.45, 2.75) is 18.9 Å². The average molecular weight is 270 g/mol. The molecule has 1 aliphatic rings. The average Bonchev–Trinajstić information content (AvgIpc) is 2.75. The Balaban J connectivity index is 1.94. The highest BCUT2D eigenvalue weighted by Crippen LogP contribution is 2.29. The summed E-state index contributed by atoms with van der Waals surface area (Å²) in [5.41, 5.74) is 0. The van der Waals surface area contributed by atoms with E-state index < -0.39 is 4.92 Å². The SMILES string of the molecule is CN(CC1CC(O)C1)C(=O)c1ccc([N+](=O)[O-])s1. The van der Waals surface area contributed by atoms with Gasteiger partial charge in [-0.2, -0.15) is 0 Å².